The van der Waals surface area contributed by atoms with Gasteiger partial charge < -0.3 is 56.7 Å². The average Bonchev–Trinajstić information content (AvgIpc) is 3.48. The van der Waals surface area contributed by atoms with Crippen molar-refractivity contribution in [2.75, 3.05) is 6.61 Å². The van der Waals surface area contributed by atoms with Crippen molar-refractivity contribution in [3.05, 3.63) is 46.4 Å². The summed E-state index contributed by atoms with van der Waals surface area (Å²) in [5.41, 5.74) is 5.03. The van der Waals surface area contributed by atoms with Gasteiger partial charge in [-0.25, -0.2) is 9.59 Å². The predicted octanol–water partition coefficient (Wildman–Crippen LogP) is -4.16. The number of rotatable bonds is 13. The maximum Gasteiger partial charge on any atom is 0.328 e. The lowest BCUT2D eigenvalue weighted by molar-refractivity contribution is -0.144. The number of aliphatic hydroxyl groups is 4. The van der Waals surface area contributed by atoms with E-state index in [1.54, 1.807) is 0 Å². The van der Waals surface area contributed by atoms with Gasteiger partial charge in [-0.05, 0) is 12.1 Å². The van der Waals surface area contributed by atoms with Crippen molar-refractivity contribution in [2.45, 2.75) is 62.1 Å². The molecule has 2 amide bonds. The molecule has 11 N–H and O–H groups in total. The zero-order chi connectivity index (χ0) is 31.3. The number of carboxylic acids is 1. The second-order valence-electron chi connectivity index (χ2n) is 9.68. The molecule has 0 radical (unpaired) electrons. The number of aromatic amines is 1. The number of aromatic hydroxyl groups is 1. The number of nitrogens with two attached hydrogens (primary N) is 1. The monoisotopic (exact) mass is 596 g/mol. The largest absolute Gasteiger partial charge is 0.506 e. The first-order chi connectivity index (χ1) is 19.8. The lowest BCUT2D eigenvalue weighted by Crippen LogP contribution is -2.61. The molecule has 3 rings (SSSR count). The third-order valence-electron chi connectivity index (χ3n) is 6.82. The molecule has 18 heteroatoms. The smallest absolute Gasteiger partial charge is 0.328 e. The molecule has 0 unspecified atom stereocenters. The summed E-state index contributed by atoms with van der Waals surface area (Å²) in [5, 5.41) is 64.4. The van der Waals surface area contributed by atoms with Crippen molar-refractivity contribution in [1.29, 1.82) is 0 Å². The number of nitrogens with one attached hydrogen (secondary N) is 3. The second-order valence-corrected chi connectivity index (χ2v) is 9.68. The number of aliphatic carboxylic acids is 1. The summed E-state index contributed by atoms with van der Waals surface area (Å²) in [7, 11) is 0. The minimum absolute atomic E-state index is 0.0679. The molecule has 1 aliphatic heterocycles. The number of imidazole rings is 1. The first kappa shape index (κ1) is 32.3. The van der Waals surface area contributed by atoms with Crippen LogP contribution in [0.2, 0.25) is 0 Å². The van der Waals surface area contributed by atoms with Crippen LogP contribution >= 0.6 is 0 Å². The molecule has 230 valence electrons. The van der Waals surface area contributed by atoms with Crippen molar-refractivity contribution in [3.8, 4) is 5.75 Å². The molecule has 9 atom stereocenters. The molecule has 0 spiro atoms. The zero-order valence-corrected chi connectivity index (χ0v) is 22.1. The van der Waals surface area contributed by atoms with Crippen LogP contribution in [-0.4, -0.2) is 112 Å². The van der Waals surface area contributed by atoms with Gasteiger partial charge in [0.2, 0.25) is 11.8 Å². The number of carboxylic acid groups (broad SMARTS) is 1. The Kier molecular flexibility index (Phi) is 10.5. The SMILES string of the molecule is C[C@@H]([C@H](N)C(=O)N[C@H](C(=O)N[C@@H](CCO)C(=O)O)[C@H]1O[C@@H](n2cc(C=O)[nH]c2=O)[C@H](O)[C@@H]1O)[C@H](O)c1ccc(O)cn1. The van der Waals surface area contributed by atoms with Gasteiger partial charge >= 0.3 is 11.7 Å². The van der Waals surface area contributed by atoms with E-state index >= 15 is 0 Å². The second kappa shape index (κ2) is 13.6. The van der Waals surface area contributed by atoms with E-state index in [4.69, 9.17) is 10.5 Å². The molecule has 0 aliphatic carbocycles. The Hall–Kier alpha value is -4.20. The summed E-state index contributed by atoms with van der Waals surface area (Å²) in [4.78, 5) is 67.4. The number of aldehydes is 1. The van der Waals surface area contributed by atoms with Crippen LogP contribution in [0.3, 0.4) is 0 Å². The number of carbonyl (C=O) groups is 4. The Morgan fingerprint density at radius 1 is 1.21 bits per heavy atom. The highest BCUT2D eigenvalue weighted by atomic mass is 16.6. The van der Waals surface area contributed by atoms with Crippen LogP contribution < -0.4 is 22.1 Å². The van der Waals surface area contributed by atoms with Crippen LogP contribution in [0.15, 0.2) is 29.3 Å². The van der Waals surface area contributed by atoms with Crippen molar-refractivity contribution in [2.24, 2.45) is 11.7 Å². The lowest BCUT2D eigenvalue weighted by Gasteiger charge is -2.30. The fraction of sp³-hybridized carbons (Fsp3) is 0.500. The van der Waals surface area contributed by atoms with Crippen molar-refractivity contribution >= 4 is 24.1 Å². The summed E-state index contributed by atoms with van der Waals surface area (Å²) in [5.74, 6) is -5.01. The number of aliphatic hydroxyl groups excluding tert-OH is 4. The number of carbonyl (C=O) groups excluding carboxylic acids is 3. The molecule has 0 aromatic carbocycles. The van der Waals surface area contributed by atoms with Crippen LogP contribution in [0.5, 0.6) is 5.75 Å². The van der Waals surface area contributed by atoms with Gasteiger partial charge in [0.1, 0.15) is 42.2 Å². The lowest BCUT2D eigenvalue weighted by atomic mass is 9.92. The topological polar surface area (TPSA) is 300 Å². The Labute approximate surface area is 236 Å². The minimum atomic E-state index is -1.94. The molecule has 2 aromatic heterocycles. The molecule has 1 fully saturated rings. The Bertz CT molecular complexity index is 1330. The molecule has 3 heterocycles. The fourth-order valence-corrected chi connectivity index (χ4v) is 4.34. The highest BCUT2D eigenvalue weighted by Gasteiger charge is 2.51. The predicted molar refractivity (Wildman–Crippen MR) is 138 cm³/mol. The summed E-state index contributed by atoms with van der Waals surface area (Å²) < 4.78 is 6.34. The van der Waals surface area contributed by atoms with Gasteiger partial charge in [0.25, 0.3) is 0 Å². The Morgan fingerprint density at radius 2 is 1.90 bits per heavy atom. The molecule has 18 nitrogen and oxygen atoms in total. The number of aromatic nitrogens is 3. The molecular weight excluding hydrogens is 564 g/mol. The third-order valence-corrected chi connectivity index (χ3v) is 6.82. The fourth-order valence-electron chi connectivity index (χ4n) is 4.34. The van der Waals surface area contributed by atoms with E-state index in [0.717, 1.165) is 17.0 Å². The first-order valence-electron chi connectivity index (χ1n) is 12.6. The van der Waals surface area contributed by atoms with Crippen molar-refractivity contribution in [1.82, 2.24) is 25.2 Å². The van der Waals surface area contributed by atoms with E-state index in [9.17, 15) is 54.6 Å². The Balaban J connectivity index is 1.89. The standard InChI is InChI=1S/C24H32N6O12/c1-9(16(34)12-3-2-11(33)6-26-12)14(25)20(37)29-15(21(38)28-13(4-5-31)23(39)40)19-17(35)18(36)22(42-19)30-7-10(8-32)27-24(30)41/h2-3,6-9,13-19,22,31,33-36H,4-5,25H2,1H3,(H,27,41)(H,28,38)(H,29,37)(H,39,40)/t9-,13-,14-,15-,16-,17-,18+,19+,22+/m0/s1. The third kappa shape index (κ3) is 6.98. The highest BCUT2D eigenvalue weighted by Crippen LogP contribution is 2.31. The number of amides is 2. The Morgan fingerprint density at radius 3 is 2.45 bits per heavy atom. The van der Waals surface area contributed by atoms with E-state index in [-0.39, 0.29) is 17.1 Å². The van der Waals surface area contributed by atoms with Crippen LogP contribution in [0.1, 0.15) is 41.9 Å². The average molecular weight is 597 g/mol. The molecular formula is C24H32N6O12. The van der Waals surface area contributed by atoms with Gasteiger partial charge in [0.15, 0.2) is 12.5 Å². The van der Waals surface area contributed by atoms with Crippen LogP contribution in [-0.2, 0) is 19.1 Å². The van der Waals surface area contributed by atoms with Gasteiger partial charge in [-0.15, -0.1) is 0 Å². The molecule has 2 aromatic rings. The van der Waals surface area contributed by atoms with Gasteiger partial charge in [0.05, 0.1) is 23.6 Å². The molecule has 1 saturated heterocycles. The van der Waals surface area contributed by atoms with Crippen LogP contribution in [0.25, 0.3) is 0 Å². The van der Waals surface area contributed by atoms with Crippen LogP contribution in [0, 0.1) is 5.92 Å². The number of hydrogen-bond donors (Lipinski definition) is 10. The summed E-state index contributed by atoms with van der Waals surface area (Å²) >= 11 is 0. The van der Waals surface area contributed by atoms with E-state index < -0.39 is 91.2 Å². The number of pyridine rings is 1. The van der Waals surface area contributed by atoms with Gasteiger partial charge in [-0.1, -0.05) is 6.92 Å². The van der Waals surface area contributed by atoms with E-state index in [1.807, 2.05) is 0 Å². The molecule has 42 heavy (non-hydrogen) atoms. The van der Waals surface area contributed by atoms with Gasteiger partial charge in [-0.2, -0.15) is 0 Å². The summed E-state index contributed by atoms with van der Waals surface area (Å²) in [6, 6.07) is -2.52. The van der Waals surface area contributed by atoms with Gasteiger partial charge in [0, 0.05) is 25.1 Å². The highest BCUT2D eigenvalue weighted by molar-refractivity contribution is 5.92. The van der Waals surface area contributed by atoms with E-state index in [1.165, 1.54) is 19.1 Å². The summed E-state index contributed by atoms with van der Waals surface area (Å²) in [6.07, 6.45) is -6.69. The normalized spacial score (nSPS) is 23.8. The van der Waals surface area contributed by atoms with Crippen LogP contribution in [0.4, 0.5) is 0 Å². The minimum Gasteiger partial charge on any atom is -0.506 e. The number of H-pyrrole nitrogens is 1. The number of ether oxygens (including phenoxy) is 1. The summed E-state index contributed by atoms with van der Waals surface area (Å²) in [6.45, 7) is 0.766. The quantitative estimate of drug-likeness (QED) is 0.0982. The molecule has 0 bridgehead atoms. The molecule has 0 saturated carbocycles. The van der Waals surface area contributed by atoms with E-state index in [2.05, 4.69) is 20.6 Å². The first-order valence-corrected chi connectivity index (χ1v) is 12.6. The van der Waals surface area contributed by atoms with Crippen molar-refractivity contribution in [3.63, 3.8) is 0 Å². The number of hydrogen-bond acceptors (Lipinski definition) is 13. The maximum atomic E-state index is 13.3. The zero-order valence-electron chi connectivity index (χ0n) is 22.1. The molecule has 1 aliphatic rings. The maximum absolute atomic E-state index is 13.3. The van der Waals surface area contributed by atoms with Crippen molar-refractivity contribution < 1.29 is 54.6 Å². The van der Waals surface area contributed by atoms with E-state index in [0.29, 0.717) is 6.29 Å². The number of nitrogens with zero attached hydrogens (tertiary/aromatic N) is 2. The van der Waals surface area contributed by atoms with Gasteiger partial charge in [-0.3, -0.25) is 23.9 Å².